The SMILES string of the molecule is CCCCCCCCC(CCCCC(O)CCCCCC)S(=O)(=O)[O-].[Na+]. The van der Waals surface area contributed by atoms with Crippen molar-refractivity contribution in [1.82, 2.24) is 0 Å². The van der Waals surface area contributed by atoms with Gasteiger partial charge in [0.15, 0.2) is 0 Å². The zero-order valence-corrected chi connectivity index (χ0v) is 20.4. The van der Waals surface area contributed by atoms with Crippen LogP contribution in [0.25, 0.3) is 0 Å². The minimum absolute atomic E-state index is 0. The molecule has 0 aliphatic rings. The van der Waals surface area contributed by atoms with Gasteiger partial charge in [0.1, 0.15) is 0 Å². The van der Waals surface area contributed by atoms with Gasteiger partial charge in [-0.1, -0.05) is 90.9 Å². The molecule has 6 heteroatoms. The maximum atomic E-state index is 11.4. The fourth-order valence-electron chi connectivity index (χ4n) is 3.29. The summed E-state index contributed by atoms with van der Waals surface area (Å²) < 4.78 is 34.3. The van der Waals surface area contributed by atoms with E-state index in [0.29, 0.717) is 19.3 Å². The van der Waals surface area contributed by atoms with E-state index in [9.17, 15) is 18.1 Å². The second-order valence-corrected chi connectivity index (χ2v) is 9.11. The monoisotopic (exact) mass is 400 g/mol. The molecule has 0 saturated carbocycles. The van der Waals surface area contributed by atoms with Crippen LogP contribution in [0.15, 0.2) is 0 Å². The molecule has 0 bridgehead atoms. The van der Waals surface area contributed by atoms with Gasteiger partial charge in [0.05, 0.1) is 16.2 Å². The average molecular weight is 401 g/mol. The van der Waals surface area contributed by atoms with Gasteiger partial charge in [-0.2, -0.15) is 0 Å². The fourth-order valence-corrected chi connectivity index (χ4v) is 4.20. The van der Waals surface area contributed by atoms with Crippen LogP contribution < -0.4 is 29.6 Å². The van der Waals surface area contributed by atoms with Gasteiger partial charge in [-0.3, -0.25) is 0 Å². The Morgan fingerprint density at radius 3 is 1.54 bits per heavy atom. The van der Waals surface area contributed by atoms with Crippen LogP contribution >= 0.6 is 0 Å². The predicted molar refractivity (Wildman–Crippen MR) is 105 cm³/mol. The van der Waals surface area contributed by atoms with Crippen molar-refractivity contribution in [2.45, 2.75) is 128 Å². The zero-order chi connectivity index (χ0) is 19.0. The van der Waals surface area contributed by atoms with Gasteiger partial charge in [0.2, 0.25) is 0 Å². The molecule has 0 rings (SSSR count). The van der Waals surface area contributed by atoms with E-state index in [1.807, 2.05) is 0 Å². The summed E-state index contributed by atoms with van der Waals surface area (Å²) in [7, 11) is -4.20. The number of hydrogen-bond acceptors (Lipinski definition) is 4. The molecule has 4 nitrogen and oxygen atoms in total. The second-order valence-electron chi connectivity index (χ2n) is 7.46. The summed E-state index contributed by atoms with van der Waals surface area (Å²) in [4.78, 5) is 0. The molecule has 0 saturated heterocycles. The minimum atomic E-state index is -4.20. The molecule has 1 N–H and O–H groups in total. The van der Waals surface area contributed by atoms with Gasteiger partial charge in [-0.25, -0.2) is 8.42 Å². The van der Waals surface area contributed by atoms with Crippen LogP contribution in [0.2, 0.25) is 0 Å². The zero-order valence-electron chi connectivity index (χ0n) is 17.5. The van der Waals surface area contributed by atoms with Crippen molar-refractivity contribution in [2.75, 3.05) is 0 Å². The molecule has 0 radical (unpaired) electrons. The standard InChI is InChI=1S/C20H42O4S.Na/c1-3-5-7-9-10-12-17-20(25(22,23)24)18-14-13-16-19(21)15-11-8-6-4-2;/h19-21H,3-18H2,1-2H3,(H,22,23,24);/q;+1/p-1. The van der Waals surface area contributed by atoms with E-state index in [2.05, 4.69) is 13.8 Å². The number of rotatable bonds is 18. The van der Waals surface area contributed by atoms with Crippen molar-refractivity contribution in [3.8, 4) is 0 Å². The molecule has 152 valence electrons. The summed E-state index contributed by atoms with van der Waals surface area (Å²) in [6.45, 7) is 4.34. The van der Waals surface area contributed by atoms with Gasteiger partial charge in [-0.05, 0) is 25.7 Å². The van der Waals surface area contributed by atoms with Crippen molar-refractivity contribution in [2.24, 2.45) is 0 Å². The van der Waals surface area contributed by atoms with E-state index >= 15 is 0 Å². The Morgan fingerprint density at radius 2 is 1.04 bits per heavy atom. The molecule has 2 unspecified atom stereocenters. The van der Waals surface area contributed by atoms with Gasteiger partial charge in [0, 0.05) is 5.25 Å². The molecule has 0 fully saturated rings. The van der Waals surface area contributed by atoms with E-state index < -0.39 is 15.4 Å². The van der Waals surface area contributed by atoms with Gasteiger partial charge in [0.25, 0.3) is 0 Å². The van der Waals surface area contributed by atoms with Gasteiger partial charge >= 0.3 is 29.6 Å². The van der Waals surface area contributed by atoms with Crippen LogP contribution in [0, 0.1) is 0 Å². The topological polar surface area (TPSA) is 77.4 Å². The first-order valence-electron chi connectivity index (χ1n) is 10.5. The number of unbranched alkanes of at least 4 members (excludes halogenated alkanes) is 9. The van der Waals surface area contributed by atoms with Crippen molar-refractivity contribution in [3.05, 3.63) is 0 Å². The maximum Gasteiger partial charge on any atom is 1.00 e. The van der Waals surface area contributed by atoms with Crippen LogP contribution in [0.5, 0.6) is 0 Å². The molecule has 26 heavy (non-hydrogen) atoms. The Labute approximate surface area is 185 Å². The van der Waals surface area contributed by atoms with Gasteiger partial charge < -0.3 is 9.66 Å². The molecule has 0 aromatic carbocycles. The molecule has 0 heterocycles. The molecule has 0 amide bonds. The molecule has 0 aromatic heterocycles. The second kappa shape index (κ2) is 19.2. The molecule has 2 atom stereocenters. The van der Waals surface area contributed by atoms with Crippen LogP contribution in [0.3, 0.4) is 0 Å². The predicted octanol–water partition coefficient (Wildman–Crippen LogP) is 2.55. The Bertz CT molecular complexity index is 387. The van der Waals surface area contributed by atoms with Crippen molar-refractivity contribution >= 4 is 10.1 Å². The van der Waals surface area contributed by atoms with Crippen LogP contribution in [-0.2, 0) is 10.1 Å². The summed E-state index contributed by atoms with van der Waals surface area (Å²) in [5, 5.41) is 9.20. The van der Waals surface area contributed by atoms with Crippen molar-refractivity contribution < 1.29 is 47.6 Å². The molecule has 0 spiro atoms. The van der Waals surface area contributed by atoms with E-state index in [1.54, 1.807) is 0 Å². The normalized spacial score (nSPS) is 14.0. The van der Waals surface area contributed by atoms with Gasteiger partial charge in [-0.15, -0.1) is 0 Å². The van der Waals surface area contributed by atoms with Crippen LogP contribution in [0.1, 0.15) is 117 Å². The Morgan fingerprint density at radius 1 is 0.692 bits per heavy atom. The summed E-state index contributed by atoms with van der Waals surface area (Å²) in [6.07, 6.45) is 15.0. The van der Waals surface area contributed by atoms with Crippen LogP contribution in [0.4, 0.5) is 0 Å². The third-order valence-electron chi connectivity index (χ3n) is 4.99. The third kappa shape index (κ3) is 18.2. The van der Waals surface area contributed by atoms with E-state index in [1.165, 1.54) is 38.5 Å². The number of aliphatic hydroxyl groups excluding tert-OH is 1. The Kier molecular flexibility index (Phi) is 21.5. The minimum Gasteiger partial charge on any atom is -0.748 e. The van der Waals surface area contributed by atoms with E-state index in [4.69, 9.17) is 0 Å². The molecule has 0 aliphatic carbocycles. The number of hydrogen-bond donors (Lipinski definition) is 1. The Hall–Kier alpha value is 0.870. The van der Waals surface area contributed by atoms with E-state index in [0.717, 1.165) is 44.9 Å². The van der Waals surface area contributed by atoms with Crippen molar-refractivity contribution in [1.29, 1.82) is 0 Å². The third-order valence-corrected chi connectivity index (χ3v) is 6.28. The summed E-state index contributed by atoms with van der Waals surface area (Å²) >= 11 is 0. The molecule has 0 aliphatic heterocycles. The maximum absolute atomic E-state index is 11.4. The van der Waals surface area contributed by atoms with Crippen LogP contribution in [-0.4, -0.2) is 29.4 Å². The number of aliphatic hydroxyl groups is 1. The van der Waals surface area contributed by atoms with E-state index in [-0.39, 0.29) is 35.7 Å². The average Bonchev–Trinajstić information content (AvgIpc) is 2.55. The first-order valence-corrected chi connectivity index (χ1v) is 12.0. The molecular weight excluding hydrogens is 359 g/mol. The first-order chi connectivity index (χ1) is 11.9. The summed E-state index contributed by atoms with van der Waals surface area (Å²) in [6, 6.07) is 0. The quantitative estimate of drug-likeness (QED) is 0.218. The smallest absolute Gasteiger partial charge is 0.748 e. The summed E-state index contributed by atoms with van der Waals surface area (Å²) in [5.41, 5.74) is 0. The largest absolute Gasteiger partial charge is 1.00 e. The fraction of sp³-hybridized carbons (Fsp3) is 1.00. The first kappa shape index (κ1) is 29.1. The molecular formula is C20H41NaO4S. The molecule has 0 aromatic rings. The van der Waals surface area contributed by atoms with Crippen molar-refractivity contribution in [3.63, 3.8) is 0 Å². The summed E-state index contributed by atoms with van der Waals surface area (Å²) in [5.74, 6) is 0. The Balaban J connectivity index is 0.